The fourth-order valence-corrected chi connectivity index (χ4v) is 3.12. The summed E-state index contributed by atoms with van der Waals surface area (Å²) in [6.07, 6.45) is 0.368. The second-order valence-corrected chi connectivity index (χ2v) is 7.81. The summed E-state index contributed by atoms with van der Waals surface area (Å²) in [6.45, 7) is 2.14. The Bertz CT molecular complexity index is 951. The summed E-state index contributed by atoms with van der Waals surface area (Å²) in [4.78, 5) is 50.0. The summed E-state index contributed by atoms with van der Waals surface area (Å²) < 4.78 is 15.1. The zero-order chi connectivity index (χ0) is 25.5. The van der Waals surface area contributed by atoms with Crippen LogP contribution in [0.2, 0.25) is 0 Å². The fourth-order valence-electron chi connectivity index (χ4n) is 3.12. The number of esters is 2. The third-order valence-corrected chi connectivity index (χ3v) is 5.04. The van der Waals surface area contributed by atoms with Crippen LogP contribution < -0.4 is 10.6 Å². The standard InChI is InChI=1S/C26H32N2O7/c1-3-4-15-34-26(32)28-21(17-23(29)35-18-20-13-9-6-10-14-20)24(30)27-22(25(31)33-2)16-19-11-7-5-8-12-19/h5-14,21-22H,3-4,15-18H2,1-2H3,(H,27,30)(H,28,32). The first-order valence-corrected chi connectivity index (χ1v) is 11.5. The minimum Gasteiger partial charge on any atom is -0.467 e. The molecule has 0 fully saturated rings. The molecule has 0 aliphatic carbocycles. The van der Waals surface area contributed by atoms with Crippen LogP contribution in [0, 0.1) is 0 Å². The number of carbonyl (C=O) groups is 4. The van der Waals surface area contributed by atoms with E-state index in [9.17, 15) is 19.2 Å². The summed E-state index contributed by atoms with van der Waals surface area (Å²) in [5.41, 5.74) is 1.58. The molecule has 2 amide bonds. The smallest absolute Gasteiger partial charge is 0.407 e. The lowest BCUT2D eigenvalue weighted by atomic mass is 10.1. The van der Waals surface area contributed by atoms with Gasteiger partial charge in [0, 0.05) is 6.42 Å². The lowest BCUT2D eigenvalue weighted by Crippen LogP contribution is -2.53. The van der Waals surface area contributed by atoms with Gasteiger partial charge in [0.2, 0.25) is 5.91 Å². The van der Waals surface area contributed by atoms with Crippen LogP contribution in [0.5, 0.6) is 0 Å². The zero-order valence-electron chi connectivity index (χ0n) is 20.0. The number of hydrogen-bond acceptors (Lipinski definition) is 7. The summed E-state index contributed by atoms with van der Waals surface area (Å²) in [6, 6.07) is 15.8. The summed E-state index contributed by atoms with van der Waals surface area (Å²) in [5.74, 6) is -2.08. The number of ether oxygens (including phenoxy) is 3. The molecule has 0 saturated carbocycles. The van der Waals surface area contributed by atoms with Gasteiger partial charge < -0.3 is 24.8 Å². The van der Waals surface area contributed by atoms with Crippen molar-refractivity contribution in [3.63, 3.8) is 0 Å². The number of nitrogens with one attached hydrogen (secondary N) is 2. The van der Waals surface area contributed by atoms with Crippen LogP contribution in [0.1, 0.15) is 37.3 Å². The van der Waals surface area contributed by atoms with Gasteiger partial charge in [-0.15, -0.1) is 0 Å². The van der Waals surface area contributed by atoms with Crippen molar-refractivity contribution in [3.8, 4) is 0 Å². The van der Waals surface area contributed by atoms with Gasteiger partial charge in [0.1, 0.15) is 18.7 Å². The Morgan fingerprint density at radius 3 is 2.06 bits per heavy atom. The van der Waals surface area contributed by atoms with Gasteiger partial charge >= 0.3 is 18.0 Å². The van der Waals surface area contributed by atoms with Crippen molar-refractivity contribution in [1.29, 1.82) is 0 Å². The molecule has 0 aliphatic heterocycles. The minimum absolute atomic E-state index is 0.0216. The van der Waals surface area contributed by atoms with Gasteiger partial charge in [0.25, 0.3) is 0 Å². The van der Waals surface area contributed by atoms with Crippen LogP contribution in [0.25, 0.3) is 0 Å². The number of hydrogen-bond donors (Lipinski definition) is 2. The zero-order valence-corrected chi connectivity index (χ0v) is 20.0. The van der Waals surface area contributed by atoms with E-state index in [2.05, 4.69) is 10.6 Å². The van der Waals surface area contributed by atoms with E-state index in [1.54, 1.807) is 12.1 Å². The third-order valence-electron chi connectivity index (χ3n) is 5.04. The van der Waals surface area contributed by atoms with E-state index >= 15 is 0 Å². The Morgan fingerprint density at radius 2 is 1.46 bits per heavy atom. The Balaban J connectivity index is 2.07. The molecule has 2 atom stereocenters. The van der Waals surface area contributed by atoms with Gasteiger partial charge in [-0.1, -0.05) is 74.0 Å². The number of alkyl carbamates (subject to hydrolysis) is 1. The topological polar surface area (TPSA) is 120 Å². The van der Waals surface area contributed by atoms with Crippen molar-refractivity contribution in [2.24, 2.45) is 0 Å². The number of rotatable bonds is 13. The Labute approximate surface area is 205 Å². The molecule has 0 saturated heterocycles. The predicted molar refractivity (Wildman–Crippen MR) is 128 cm³/mol. The van der Waals surface area contributed by atoms with Gasteiger partial charge in [0.05, 0.1) is 20.1 Å². The van der Waals surface area contributed by atoms with Crippen molar-refractivity contribution in [2.75, 3.05) is 13.7 Å². The first-order chi connectivity index (χ1) is 16.9. The van der Waals surface area contributed by atoms with Crippen LogP contribution >= 0.6 is 0 Å². The van der Waals surface area contributed by atoms with Gasteiger partial charge in [-0.05, 0) is 17.5 Å². The molecule has 0 radical (unpaired) electrons. The van der Waals surface area contributed by atoms with Crippen molar-refractivity contribution < 1.29 is 33.4 Å². The number of methoxy groups -OCH3 is 1. The highest BCUT2D eigenvalue weighted by molar-refractivity contribution is 5.92. The van der Waals surface area contributed by atoms with E-state index in [0.29, 0.717) is 6.42 Å². The van der Waals surface area contributed by atoms with Gasteiger partial charge in [-0.25, -0.2) is 9.59 Å². The van der Waals surface area contributed by atoms with E-state index in [1.807, 2.05) is 55.5 Å². The van der Waals surface area contributed by atoms with Crippen molar-refractivity contribution >= 4 is 23.9 Å². The molecule has 35 heavy (non-hydrogen) atoms. The van der Waals surface area contributed by atoms with E-state index in [-0.39, 0.29) is 19.6 Å². The lowest BCUT2D eigenvalue weighted by molar-refractivity contribution is -0.147. The fraction of sp³-hybridized carbons (Fsp3) is 0.385. The van der Waals surface area contributed by atoms with Gasteiger partial charge in [-0.2, -0.15) is 0 Å². The maximum absolute atomic E-state index is 13.0. The number of carbonyl (C=O) groups excluding carboxylic acids is 4. The molecule has 0 aliphatic rings. The average Bonchev–Trinajstić information content (AvgIpc) is 2.87. The number of benzene rings is 2. The highest BCUT2D eigenvalue weighted by atomic mass is 16.5. The van der Waals surface area contributed by atoms with Crippen LogP contribution in [0.4, 0.5) is 4.79 Å². The molecule has 188 valence electrons. The highest BCUT2D eigenvalue weighted by Crippen LogP contribution is 2.07. The molecular weight excluding hydrogens is 452 g/mol. The maximum atomic E-state index is 13.0. The normalized spacial score (nSPS) is 12.1. The van der Waals surface area contributed by atoms with E-state index in [1.165, 1.54) is 7.11 Å². The van der Waals surface area contributed by atoms with Crippen LogP contribution in [-0.4, -0.2) is 49.7 Å². The lowest BCUT2D eigenvalue weighted by Gasteiger charge is -2.22. The molecule has 0 heterocycles. The van der Waals surface area contributed by atoms with E-state index in [0.717, 1.165) is 17.5 Å². The molecule has 9 heteroatoms. The molecule has 2 N–H and O–H groups in total. The Morgan fingerprint density at radius 1 is 0.829 bits per heavy atom. The van der Waals surface area contributed by atoms with E-state index in [4.69, 9.17) is 14.2 Å². The van der Waals surface area contributed by atoms with Crippen LogP contribution in [-0.2, 0) is 41.6 Å². The molecule has 2 aromatic carbocycles. The molecule has 0 bridgehead atoms. The third kappa shape index (κ3) is 10.3. The quantitative estimate of drug-likeness (QED) is 0.255. The van der Waals surface area contributed by atoms with E-state index < -0.39 is 42.4 Å². The Hall–Kier alpha value is -3.88. The first-order valence-electron chi connectivity index (χ1n) is 11.5. The number of unbranched alkanes of at least 4 members (excludes halogenated alkanes) is 1. The summed E-state index contributed by atoms with van der Waals surface area (Å²) >= 11 is 0. The van der Waals surface area contributed by atoms with Crippen molar-refractivity contribution in [3.05, 3.63) is 71.8 Å². The monoisotopic (exact) mass is 484 g/mol. The average molecular weight is 485 g/mol. The van der Waals surface area contributed by atoms with Gasteiger partial charge in [0.15, 0.2) is 0 Å². The molecule has 0 aromatic heterocycles. The van der Waals surface area contributed by atoms with Crippen molar-refractivity contribution in [2.45, 2.75) is 51.3 Å². The highest BCUT2D eigenvalue weighted by Gasteiger charge is 2.30. The molecule has 2 aromatic rings. The molecule has 9 nitrogen and oxygen atoms in total. The second-order valence-electron chi connectivity index (χ2n) is 7.81. The number of amides is 2. The second kappa shape index (κ2) is 15.1. The molecule has 0 spiro atoms. The van der Waals surface area contributed by atoms with Crippen molar-refractivity contribution in [1.82, 2.24) is 10.6 Å². The first kappa shape index (κ1) is 27.4. The van der Waals surface area contributed by atoms with Crippen LogP contribution in [0.3, 0.4) is 0 Å². The summed E-state index contributed by atoms with van der Waals surface area (Å²) in [5, 5.41) is 4.98. The maximum Gasteiger partial charge on any atom is 0.407 e. The molecular formula is C26H32N2O7. The van der Waals surface area contributed by atoms with Crippen LogP contribution in [0.15, 0.2) is 60.7 Å². The minimum atomic E-state index is -1.31. The largest absolute Gasteiger partial charge is 0.467 e. The predicted octanol–water partition coefficient (Wildman–Crippen LogP) is 2.92. The molecule has 2 rings (SSSR count). The Kier molecular flexibility index (Phi) is 11.8. The summed E-state index contributed by atoms with van der Waals surface area (Å²) in [7, 11) is 1.22. The molecule has 2 unspecified atom stereocenters. The SMILES string of the molecule is CCCCOC(=O)NC(CC(=O)OCc1ccccc1)C(=O)NC(Cc1ccccc1)C(=O)OC. The van der Waals surface area contributed by atoms with Gasteiger partial charge in [-0.3, -0.25) is 9.59 Å².